The van der Waals surface area contributed by atoms with Gasteiger partial charge in [0.05, 0.1) is 16.4 Å². The summed E-state index contributed by atoms with van der Waals surface area (Å²) in [6.45, 7) is 2.02. The van der Waals surface area contributed by atoms with E-state index >= 15 is 0 Å². The van der Waals surface area contributed by atoms with Gasteiger partial charge in [0.2, 0.25) is 0 Å². The smallest absolute Gasteiger partial charge is 0.124 e. The molecule has 2 aliphatic carbocycles. The van der Waals surface area contributed by atoms with Crippen molar-refractivity contribution in [3.63, 3.8) is 0 Å². The molecule has 4 heterocycles. The molecule has 1 spiro atoms. The molecule has 10 aromatic rings. The number of aromatic nitrogens is 4. The Balaban J connectivity index is 1.01. The highest BCUT2D eigenvalue weighted by molar-refractivity contribution is 6.18. The van der Waals surface area contributed by atoms with Gasteiger partial charge in [-0.25, -0.2) is 0 Å². The van der Waals surface area contributed by atoms with Crippen molar-refractivity contribution in [3.05, 3.63) is 198 Å². The molecule has 0 saturated carbocycles. The van der Waals surface area contributed by atoms with Crippen LogP contribution in [-0.2, 0) is 5.41 Å². The minimum absolute atomic E-state index is 0.434. The first-order valence-corrected chi connectivity index (χ1v) is 19.2. The fourth-order valence-corrected chi connectivity index (χ4v) is 10.2. The Morgan fingerprint density at radius 3 is 1.96 bits per heavy atom. The highest BCUT2D eigenvalue weighted by Crippen LogP contribution is 2.64. The van der Waals surface area contributed by atoms with Gasteiger partial charge in [-0.1, -0.05) is 109 Å². The number of benzene rings is 6. The highest BCUT2D eigenvalue weighted by Gasteiger charge is 2.52. The Morgan fingerprint density at radius 1 is 0.589 bits per heavy atom. The number of pyridine rings is 1. The standard InChI is InChI=1S/C51H35N5/c1-2-9-37-38-27-29-54-50(38)56(49(37)52)34-22-18-32(19-23-34)31-16-20-33(21-17-31)55-45-15-8-5-12-40(45)48-46(55)25-24-43-47(48)39-26-28-53-30-44(39)51(43)41-13-6-3-10-35(41)36-11-4-7-14-42(36)51/h2-30,54H,52H2,1H3/b9-2-. The van der Waals surface area contributed by atoms with Crippen LogP contribution in [0.25, 0.3) is 83.7 Å². The van der Waals surface area contributed by atoms with Crippen LogP contribution in [0.2, 0.25) is 0 Å². The third-order valence-electron chi connectivity index (χ3n) is 12.4. The van der Waals surface area contributed by atoms with E-state index in [1.807, 2.05) is 25.4 Å². The van der Waals surface area contributed by atoms with E-state index in [0.717, 1.165) is 44.9 Å². The molecule has 2 aliphatic rings. The molecule has 5 nitrogen and oxygen atoms in total. The normalized spacial score (nSPS) is 13.6. The Labute approximate surface area is 323 Å². The Bertz CT molecular complexity index is 3220. The van der Waals surface area contributed by atoms with Crippen molar-refractivity contribution in [2.45, 2.75) is 12.3 Å². The average molecular weight is 718 g/mol. The second-order valence-corrected chi connectivity index (χ2v) is 15.0. The molecule has 6 aromatic carbocycles. The van der Waals surface area contributed by atoms with Gasteiger partial charge in [0, 0.05) is 51.7 Å². The molecular formula is C51H35N5. The van der Waals surface area contributed by atoms with Gasteiger partial charge in [0.25, 0.3) is 0 Å². The molecule has 0 aliphatic heterocycles. The third kappa shape index (κ3) is 3.86. The van der Waals surface area contributed by atoms with Gasteiger partial charge in [-0.15, -0.1) is 0 Å². The molecule has 0 unspecified atom stereocenters. The van der Waals surface area contributed by atoms with Gasteiger partial charge < -0.3 is 15.3 Å². The predicted molar refractivity (Wildman–Crippen MR) is 231 cm³/mol. The largest absolute Gasteiger partial charge is 0.384 e. The van der Waals surface area contributed by atoms with E-state index in [1.165, 1.54) is 66.3 Å². The summed E-state index contributed by atoms with van der Waals surface area (Å²) in [5, 5.41) is 3.64. The van der Waals surface area contributed by atoms with Crippen LogP contribution in [0.3, 0.4) is 0 Å². The first-order valence-electron chi connectivity index (χ1n) is 19.2. The number of rotatable bonds is 4. The SMILES string of the molecule is C/C=C\c1c(N)n(-c2ccc(-c3ccc(-n4c5ccccc5c5c6c(ccc54)C4(c5ccccc5-c5ccccc54)c4cnccc4-6)cc3)cc2)c2[nH]ccc12. The number of hydrogen-bond donors (Lipinski definition) is 2. The molecule has 0 amide bonds. The van der Waals surface area contributed by atoms with Crippen LogP contribution in [0.4, 0.5) is 5.82 Å². The highest BCUT2D eigenvalue weighted by atomic mass is 15.1. The number of anilines is 1. The fraction of sp³-hybridized carbons (Fsp3) is 0.0392. The van der Waals surface area contributed by atoms with Crippen molar-refractivity contribution in [2.75, 3.05) is 5.73 Å². The number of nitrogens with one attached hydrogen (secondary N) is 1. The molecule has 0 atom stereocenters. The zero-order valence-corrected chi connectivity index (χ0v) is 30.7. The number of hydrogen-bond acceptors (Lipinski definition) is 2. The van der Waals surface area contributed by atoms with Gasteiger partial charge in [-0.05, 0) is 111 Å². The summed E-state index contributed by atoms with van der Waals surface area (Å²) in [5.41, 5.74) is 25.5. The number of allylic oxidation sites excluding steroid dienone is 1. The van der Waals surface area contributed by atoms with Gasteiger partial charge in [0.1, 0.15) is 11.5 Å². The van der Waals surface area contributed by atoms with Crippen molar-refractivity contribution in [3.8, 4) is 44.8 Å². The lowest BCUT2D eigenvalue weighted by Gasteiger charge is -2.30. The van der Waals surface area contributed by atoms with Crippen LogP contribution >= 0.6 is 0 Å². The maximum absolute atomic E-state index is 6.68. The summed E-state index contributed by atoms with van der Waals surface area (Å²) in [4.78, 5) is 8.14. The van der Waals surface area contributed by atoms with E-state index in [4.69, 9.17) is 10.7 Å². The molecule has 0 fully saturated rings. The Kier molecular flexibility index (Phi) is 6.27. The number of aromatic amines is 1. The van der Waals surface area contributed by atoms with E-state index in [9.17, 15) is 0 Å². The summed E-state index contributed by atoms with van der Waals surface area (Å²) in [5.74, 6) is 0.729. The molecule has 56 heavy (non-hydrogen) atoms. The zero-order chi connectivity index (χ0) is 37.1. The summed E-state index contributed by atoms with van der Waals surface area (Å²) in [7, 11) is 0. The summed E-state index contributed by atoms with van der Waals surface area (Å²) >= 11 is 0. The van der Waals surface area contributed by atoms with E-state index in [1.54, 1.807) is 0 Å². The van der Waals surface area contributed by atoms with E-state index in [-0.39, 0.29) is 0 Å². The molecule has 264 valence electrons. The minimum atomic E-state index is -0.434. The second kappa shape index (κ2) is 11.3. The van der Waals surface area contributed by atoms with Crippen LogP contribution in [0.15, 0.2) is 170 Å². The lowest BCUT2D eigenvalue weighted by atomic mass is 9.71. The number of para-hydroxylation sites is 1. The van der Waals surface area contributed by atoms with Crippen LogP contribution in [0.1, 0.15) is 34.7 Å². The van der Waals surface area contributed by atoms with Crippen LogP contribution in [-0.4, -0.2) is 19.1 Å². The zero-order valence-electron chi connectivity index (χ0n) is 30.7. The maximum atomic E-state index is 6.68. The fourth-order valence-electron chi connectivity index (χ4n) is 10.2. The second-order valence-electron chi connectivity index (χ2n) is 15.0. The molecule has 5 heteroatoms. The molecule has 3 N–H and O–H groups in total. The molecule has 0 radical (unpaired) electrons. The average Bonchev–Trinajstić information content (AvgIpc) is 4.05. The van der Waals surface area contributed by atoms with E-state index < -0.39 is 5.41 Å². The molecule has 4 aromatic heterocycles. The summed E-state index contributed by atoms with van der Waals surface area (Å²) < 4.78 is 4.52. The van der Waals surface area contributed by atoms with Gasteiger partial charge >= 0.3 is 0 Å². The van der Waals surface area contributed by atoms with Crippen LogP contribution < -0.4 is 5.73 Å². The maximum Gasteiger partial charge on any atom is 0.124 e. The molecule has 0 bridgehead atoms. The minimum Gasteiger partial charge on any atom is -0.384 e. The van der Waals surface area contributed by atoms with E-state index in [2.05, 4.69) is 172 Å². The molecular weight excluding hydrogens is 683 g/mol. The van der Waals surface area contributed by atoms with Crippen LogP contribution in [0, 0.1) is 0 Å². The number of nitrogens with two attached hydrogens (primary N) is 1. The van der Waals surface area contributed by atoms with Gasteiger partial charge in [-0.2, -0.15) is 0 Å². The lowest BCUT2D eigenvalue weighted by molar-refractivity contribution is 0.789. The molecule has 0 saturated heterocycles. The van der Waals surface area contributed by atoms with Gasteiger partial charge in [0.15, 0.2) is 0 Å². The Morgan fingerprint density at radius 2 is 1.25 bits per heavy atom. The lowest BCUT2D eigenvalue weighted by Crippen LogP contribution is -2.25. The van der Waals surface area contributed by atoms with Crippen LogP contribution in [0.5, 0.6) is 0 Å². The van der Waals surface area contributed by atoms with Crippen molar-refractivity contribution < 1.29 is 0 Å². The van der Waals surface area contributed by atoms with Crippen molar-refractivity contribution in [2.24, 2.45) is 0 Å². The number of fused-ring (bicyclic) bond motifs is 15. The van der Waals surface area contributed by atoms with E-state index in [0.29, 0.717) is 0 Å². The van der Waals surface area contributed by atoms with Crippen molar-refractivity contribution in [1.29, 1.82) is 0 Å². The topological polar surface area (TPSA) is 64.6 Å². The summed E-state index contributed by atoms with van der Waals surface area (Å²) in [6.07, 6.45) is 10.1. The summed E-state index contributed by atoms with van der Waals surface area (Å²) in [6, 6.07) is 53.4. The number of H-pyrrole nitrogens is 1. The predicted octanol–water partition coefficient (Wildman–Crippen LogP) is 12.1. The van der Waals surface area contributed by atoms with Gasteiger partial charge in [-0.3, -0.25) is 9.55 Å². The third-order valence-corrected chi connectivity index (χ3v) is 12.4. The number of nitrogens with zero attached hydrogens (tertiary/aromatic N) is 3. The first-order chi connectivity index (χ1) is 27.7. The first kappa shape index (κ1) is 31.0. The van der Waals surface area contributed by atoms with Crippen molar-refractivity contribution >= 4 is 44.7 Å². The quantitative estimate of drug-likeness (QED) is 0.190. The van der Waals surface area contributed by atoms with Crippen molar-refractivity contribution in [1.82, 2.24) is 19.1 Å². The number of nitrogen functional groups attached to an aromatic ring is 1. The molecule has 12 rings (SSSR count). The monoisotopic (exact) mass is 717 g/mol. The Hall–Kier alpha value is -7.37.